The van der Waals surface area contributed by atoms with Crippen LogP contribution in [0.25, 0.3) is 0 Å². The van der Waals surface area contributed by atoms with Crippen LogP contribution in [0.5, 0.6) is 0 Å². The molecular formula is C16H20O3S. The first-order valence-corrected chi connectivity index (χ1v) is 8.20. The first kappa shape index (κ1) is 15.0. The molecule has 0 aliphatic carbocycles. The number of aryl methyl sites for hydroxylation is 1. The lowest BCUT2D eigenvalue weighted by Gasteiger charge is -2.15. The van der Waals surface area contributed by atoms with E-state index in [1.807, 2.05) is 6.92 Å². The SMILES string of the molecule is C=CCC1CCC(C(=C)S(=O)(=O)c2ccc(C)cc2)O1. The van der Waals surface area contributed by atoms with Gasteiger partial charge in [-0.1, -0.05) is 30.4 Å². The summed E-state index contributed by atoms with van der Waals surface area (Å²) < 4.78 is 30.7. The van der Waals surface area contributed by atoms with Crippen molar-refractivity contribution >= 4 is 9.84 Å². The van der Waals surface area contributed by atoms with Gasteiger partial charge in [0, 0.05) is 0 Å². The summed E-state index contributed by atoms with van der Waals surface area (Å²) in [5, 5.41) is 0. The molecular weight excluding hydrogens is 272 g/mol. The lowest BCUT2D eigenvalue weighted by molar-refractivity contribution is 0.0710. The highest BCUT2D eigenvalue weighted by Crippen LogP contribution is 2.31. The molecule has 0 N–H and O–H groups in total. The van der Waals surface area contributed by atoms with Gasteiger partial charge in [0.1, 0.15) is 0 Å². The zero-order valence-corrected chi connectivity index (χ0v) is 12.5. The van der Waals surface area contributed by atoms with Gasteiger partial charge < -0.3 is 4.74 Å². The molecule has 0 bridgehead atoms. The second-order valence-corrected chi connectivity index (χ2v) is 7.13. The molecule has 1 aromatic rings. The van der Waals surface area contributed by atoms with Crippen molar-refractivity contribution in [1.82, 2.24) is 0 Å². The Labute approximate surface area is 120 Å². The molecule has 2 atom stereocenters. The second kappa shape index (κ2) is 5.94. The molecule has 1 fully saturated rings. The van der Waals surface area contributed by atoms with Crippen molar-refractivity contribution in [2.24, 2.45) is 0 Å². The number of sulfone groups is 1. The zero-order valence-electron chi connectivity index (χ0n) is 11.7. The monoisotopic (exact) mass is 292 g/mol. The van der Waals surface area contributed by atoms with Crippen molar-refractivity contribution in [1.29, 1.82) is 0 Å². The molecule has 0 radical (unpaired) electrons. The summed E-state index contributed by atoms with van der Waals surface area (Å²) >= 11 is 0. The minimum absolute atomic E-state index is 0.0578. The third-order valence-corrected chi connectivity index (χ3v) is 5.42. The van der Waals surface area contributed by atoms with E-state index < -0.39 is 15.9 Å². The smallest absolute Gasteiger partial charge is 0.204 e. The molecule has 1 heterocycles. The number of hydrogen-bond acceptors (Lipinski definition) is 3. The fourth-order valence-corrected chi connectivity index (χ4v) is 3.66. The van der Waals surface area contributed by atoms with Gasteiger partial charge in [0.05, 0.1) is 22.0 Å². The summed E-state index contributed by atoms with van der Waals surface area (Å²) in [6.45, 7) is 9.36. The molecule has 2 unspecified atom stereocenters. The van der Waals surface area contributed by atoms with E-state index in [4.69, 9.17) is 4.74 Å². The minimum atomic E-state index is -3.52. The van der Waals surface area contributed by atoms with Crippen molar-refractivity contribution in [3.63, 3.8) is 0 Å². The maximum Gasteiger partial charge on any atom is 0.204 e. The van der Waals surface area contributed by atoms with Crippen LogP contribution in [-0.2, 0) is 14.6 Å². The van der Waals surface area contributed by atoms with E-state index in [0.717, 1.165) is 18.4 Å². The van der Waals surface area contributed by atoms with Crippen LogP contribution in [0.4, 0.5) is 0 Å². The van der Waals surface area contributed by atoms with E-state index in [2.05, 4.69) is 13.2 Å². The highest BCUT2D eigenvalue weighted by atomic mass is 32.2. The van der Waals surface area contributed by atoms with Gasteiger partial charge in [0.15, 0.2) is 0 Å². The summed E-state index contributed by atoms with van der Waals surface area (Å²) in [6.07, 6.45) is 3.73. The van der Waals surface area contributed by atoms with Gasteiger partial charge in [-0.05, 0) is 38.3 Å². The molecule has 0 saturated carbocycles. The van der Waals surface area contributed by atoms with Crippen LogP contribution in [-0.4, -0.2) is 20.6 Å². The molecule has 1 saturated heterocycles. The van der Waals surface area contributed by atoms with Crippen molar-refractivity contribution in [2.75, 3.05) is 0 Å². The van der Waals surface area contributed by atoms with Crippen LogP contribution in [0.3, 0.4) is 0 Å². The fourth-order valence-electron chi connectivity index (χ4n) is 2.34. The topological polar surface area (TPSA) is 43.4 Å². The Morgan fingerprint density at radius 1 is 1.35 bits per heavy atom. The van der Waals surface area contributed by atoms with Crippen LogP contribution < -0.4 is 0 Å². The standard InChI is InChI=1S/C16H20O3S/c1-4-5-14-8-11-16(19-14)13(3)20(17,18)15-9-6-12(2)7-10-15/h4,6-7,9-10,14,16H,1,3,5,8,11H2,2H3. The Balaban J connectivity index is 2.16. The van der Waals surface area contributed by atoms with Gasteiger partial charge in [-0.3, -0.25) is 0 Å². The van der Waals surface area contributed by atoms with Gasteiger partial charge >= 0.3 is 0 Å². The highest BCUT2D eigenvalue weighted by molar-refractivity contribution is 7.95. The molecule has 108 valence electrons. The van der Waals surface area contributed by atoms with Crippen LogP contribution in [0.1, 0.15) is 24.8 Å². The average molecular weight is 292 g/mol. The van der Waals surface area contributed by atoms with Crippen LogP contribution in [0.2, 0.25) is 0 Å². The third kappa shape index (κ3) is 3.02. The molecule has 1 aromatic carbocycles. The van der Waals surface area contributed by atoms with E-state index in [1.165, 1.54) is 0 Å². The molecule has 0 aromatic heterocycles. The minimum Gasteiger partial charge on any atom is -0.369 e. The molecule has 3 nitrogen and oxygen atoms in total. The summed E-state index contributed by atoms with van der Waals surface area (Å²) in [7, 11) is -3.52. The van der Waals surface area contributed by atoms with E-state index >= 15 is 0 Å². The largest absolute Gasteiger partial charge is 0.369 e. The third-order valence-electron chi connectivity index (χ3n) is 3.57. The zero-order chi connectivity index (χ0) is 14.8. The van der Waals surface area contributed by atoms with Crippen molar-refractivity contribution in [3.05, 3.63) is 54.0 Å². The lowest BCUT2D eigenvalue weighted by atomic mass is 10.1. The highest BCUT2D eigenvalue weighted by Gasteiger charge is 2.33. The van der Waals surface area contributed by atoms with Gasteiger partial charge in [0.25, 0.3) is 0 Å². The summed E-state index contributed by atoms with van der Waals surface area (Å²) in [5.74, 6) is 0. The molecule has 0 amide bonds. The fraction of sp³-hybridized carbons (Fsp3) is 0.375. The average Bonchev–Trinajstić information content (AvgIpc) is 2.87. The number of hydrogen-bond donors (Lipinski definition) is 0. The summed E-state index contributed by atoms with van der Waals surface area (Å²) in [4.78, 5) is 0.441. The Bertz CT molecular complexity index is 599. The van der Waals surface area contributed by atoms with Crippen LogP contribution in [0.15, 0.2) is 53.3 Å². The van der Waals surface area contributed by atoms with E-state index in [0.29, 0.717) is 6.42 Å². The van der Waals surface area contributed by atoms with E-state index in [1.54, 1.807) is 30.3 Å². The van der Waals surface area contributed by atoms with Crippen molar-refractivity contribution in [2.45, 2.75) is 43.3 Å². The predicted molar refractivity (Wildman–Crippen MR) is 80.2 cm³/mol. The summed E-state index contributed by atoms with van der Waals surface area (Å²) in [6, 6.07) is 6.81. The Kier molecular flexibility index (Phi) is 4.45. The molecule has 20 heavy (non-hydrogen) atoms. The number of benzene rings is 1. The Hall–Kier alpha value is -1.39. The maximum atomic E-state index is 12.5. The van der Waals surface area contributed by atoms with Crippen molar-refractivity contribution < 1.29 is 13.2 Å². The second-order valence-electron chi connectivity index (χ2n) is 5.13. The van der Waals surface area contributed by atoms with Gasteiger partial charge in [-0.15, -0.1) is 6.58 Å². The first-order chi connectivity index (χ1) is 9.45. The van der Waals surface area contributed by atoms with Gasteiger partial charge in [-0.25, -0.2) is 8.42 Å². The predicted octanol–water partition coefficient (Wildman–Crippen LogP) is 3.41. The van der Waals surface area contributed by atoms with Gasteiger partial charge in [0.2, 0.25) is 9.84 Å². The lowest BCUT2D eigenvalue weighted by Crippen LogP contribution is -2.19. The summed E-state index contributed by atoms with van der Waals surface area (Å²) in [5.41, 5.74) is 1.03. The maximum absolute atomic E-state index is 12.5. The quantitative estimate of drug-likeness (QED) is 0.781. The van der Waals surface area contributed by atoms with Gasteiger partial charge in [-0.2, -0.15) is 0 Å². The normalized spacial score (nSPS) is 22.6. The van der Waals surface area contributed by atoms with E-state index in [-0.39, 0.29) is 15.9 Å². The Morgan fingerprint density at radius 3 is 2.60 bits per heavy atom. The molecule has 4 heteroatoms. The van der Waals surface area contributed by atoms with Crippen molar-refractivity contribution in [3.8, 4) is 0 Å². The number of ether oxygens (including phenoxy) is 1. The molecule has 0 spiro atoms. The number of rotatable bonds is 5. The molecule has 2 rings (SSSR count). The Morgan fingerprint density at radius 2 is 2.00 bits per heavy atom. The van der Waals surface area contributed by atoms with E-state index in [9.17, 15) is 8.42 Å². The van der Waals surface area contributed by atoms with Crippen LogP contribution in [0, 0.1) is 6.92 Å². The van der Waals surface area contributed by atoms with Crippen LogP contribution >= 0.6 is 0 Å². The molecule has 1 aliphatic heterocycles. The first-order valence-electron chi connectivity index (χ1n) is 6.72. The molecule has 1 aliphatic rings.